The van der Waals surface area contributed by atoms with Crippen molar-refractivity contribution < 1.29 is 33.2 Å². The molecule has 0 saturated carbocycles. The van der Waals surface area contributed by atoms with Crippen LogP contribution >= 0.6 is 0 Å². The lowest BCUT2D eigenvalue weighted by Gasteiger charge is -2.37. The van der Waals surface area contributed by atoms with Crippen LogP contribution in [0.25, 0.3) is 0 Å². The minimum absolute atomic E-state index is 0.122. The maximum Gasteiger partial charge on any atom is 0.433 e. The molecule has 1 aliphatic heterocycles. The Bertz CT molecular complexity index is 781. The number of hydrogen-bond acceptors (Lipinski definition) is 7. The molecule has 1 aromatic rings. The highest BCUT2D eigenvalue weighted by molar-refractivity contribution is 5.29. The molecule has 4 N–H and O–H groups in total. The summed E-state index contributed by atoms with van der Waals surface area (Å²) in [5.41, 5.74) is 0.174. The number of nitrogens with one attached hydrogen (secondary N) is 1. The van der Waals surface area contributed by atoms with Gasteiger partial charge in [0.05, 0.1) is 19.3 Å². The number of halogens is 3. The molecule has 0 radical (unpaired) electrons. The SMILES string of the molecule is CC.CC(C)C.C\C=C/C=C\C(C)=C/C.OCC1OCC(Nc2nccc(C(F)(F)F)n2)C(O)C1O. The van der Waals surface area contributed by atoms with Crippen molar-refractivity contribution in [1.82, 2.24) is 9.97 Å². The average molecular weight is 520 g/mol. The molecule has 0 aromatic carbocycles. The summed E-state index contributed by atoms with van der Waals surface area (Å²) in [7, 11) is 0. The standard InChI is InChI=1S/C11H14F3N3O4.C9H14.C4H10.C2H6/c12-11(13,14)7-1-2-15-10(17-7)16-5-4-21-6(3-18)9(20)8(5)19;1-4-6-7-8-9(3)5-2;1-4(2)3;1-2/h1-2,5-6,8-9,18-20H,3-4H2,(H,15,16,17);4-8H,1-3H3;4H,1-3H3;1-2H3/b;6-4-,8-7-,9-5-;;. The van der Waals surface area contributed by atoms with Gasteiger partial charge in [-0.2, -0.15) is 13.2 Å². The van der Waals surface area contributed by atoms with Crippen LogP contribution < -0.4 is 5.32 Å². The van der Waals surface area contributed by atoms with Crippen molar-refractivity contribution in [2.24, 2.45) is 5.92 Å². The van der Waals surface area contributed by atoms with Crippen LogP contribution in [0, 0.1) is 5.92 Å². The largest absolute Gasteiger partial charge is 0.433 e. The van der Waals surface area contributed by atoms with Crippen molar-refractivity contribution in [3.05, 3.63) is 53.9 Å². The van der Waals surface area contributed by atoms with E-state index in [9.17, 15) is 23.4 Å². The Labute approximate surface area is 213 Å². The summed E-state index contributed by atoms with van der Waals surface area (Å²) < 4.78 is 42.7. The first kappa shape index (κ1) is 35.9. The van der Waals surface area contributed by atoms with E-state index in [1.54, 1.807) is 0 Å². The van der Waals surface area contributed by atoms with E-state index >= 15 is 0 Å². The molecule has 208 valence electrons. The van der Waals surface area contributed by atoms with Crippen molar-refractivity contribution >= 4 is 5.95 Å². The molecule has 1 aromatic heterocycles. The zero-order valence-corrected chi connectivity index (χ0v) is 22.6. The molecule has 2 heterocycles. The van der Waals surface area contributed by atoms with E-state index in [0.717, 1.165) is 18.2 Å². The number of aliphatic hydroxyl groups is 3. The first-order chi connectivity index (χ1) is 16.9. The fraction of sp³-hybridized carbons (Fsp3) is 0.615. The zero-order chi connectivity index (χ0) is 28.3. The van der Waals surface area contributed by atoms with Crippen molar-refractivity contribution in [3.8, 4) is 0 Å². The number of aromatic nitrogens is 2. The number of alkyl halides is 3. The molecule has 7 nitrogen and oxygen atoms in total. The summed E-state index contributed by atoms with van der Waals surface area (Å²) in [5.74, 6) is 0.493. The lowest BCUT2D eigenvalue weighted by molar-refractivity contribution is -0.152. The Morgan fingerprint density at radius 2 is 1.75 bits per heavy atom. The third kappa shape index (κ3) is 15.7. The van der Waals surface area contributed by atoms with Crippen LogP contribution in [0.3, 0.4) is 0 Å². The Kier molecular flexibility index (Phi) is 19.8. The van der Waals surface area contributed by atoms with Crippen molar-refractivity contribution in [1.29, 1.82) is 0 Å². The van der Waals surface area contributed by atoms with Crippen LogP contribution in [0.15, 0.2) is 48.2 Å². The monoisotopic (exact) mass is 519 g/mol. The van der Waals surface area contributed by atoms with Crippen molar-refractivity contribution in [3.63, 3.8) is 0 Å². The quantitative estimate of drug-likeness (QED) is 0.398. The number of aliphatic hydroxyl groups excluding tert-OH is 3. The number of ether oxygens (including phenoxy) is 1. The molecule has 4 atom stereocenters. The molecule has 36 heavy (non-hydrogen) atoms. The second-order valence-electron chi connectivity index (χ2n) is 8.20. The highest BCUT2D eigenvalue weighted by Gasteiger charge is 2.39. The van der Waals surface area contributed by atoms with Gasteiger partial charge >= 0.3 is 6.18 Å². The van der Waals surface area contributed by atoms with E-state index in [1.807, 2.05) is 45.9 Å². The van der Waals surface area contributed by atoms with Gasteiger partial charge in [0.15, 0.2) is 0 Å². The van der Waals surface area contributed by atoms with Gasteiger partial charge in [-0.3, -0.25) is 0 Å². The molecule has 10 heteroatoms. The Balaban J connectivity index is 0. The van der Waals surface area contributed by atoms with Crippen LogP contribution in [-0.4, -0.2) is 62.9 Å². The van der Waals surface area contributed by atoms with Crippen LogP contribution in [-0.2, 0) is 10.9 Å². The van der Waals surface area contributed by atoms with Crippen LogP contribution in [0.5, 0.6) is 0 Å². The second kappa shape index (κ2) is 19.9. The van der Waals surface area contributed by atoms with E-state index in [2.05, 4.69) is 55.1 Å². The van der Waals surface area contributed by atoms with Gasteiger partial charge in [0.25, 0.3) is 0 Å². The molecular formula is C26H44F3N3O4. The van der Waals surface area contributed by atoms with Gasteiger partial charge in [0.1, 0.15) is 24.0 Å². The topological polar surface area (TPSA) is 108 Å². The van der Waals surface area contributed by atoms with Gasteiger partial charge in [0.2, 0.25) is 5.95 Å². The second-order valence-corrected chi connectivity index (χ2v) is 8.20. The minimum atomic E-state index is -4.61. The van der Waals surface area contributed by atoms with E-state index < -0.39 is 42.8 Å². The summed E-state index contributed by atoms with van der Waals surface area (Å²) >= 11 is 0. The third-order valence-electron chi connectivity index (χ3n) is 4.19. The van der Waals surface area contributed by atoms with Gasteiger partial charge in [0, 0.05) is 6.20 Å². The number of rotatable bonds is 5. The molecule has 0 bridgehead atoms. The van der Waals surface area contributed by atoms with E-state index in [-0.39, 0.29) is 12.6 Å². The van der Waals surface area contributed by atoms with Gasteiger partial charge in [-0.05, 0) is 32.8 Å². The predicted octanol–water partition coefficient (Wildman–Crippen LogP) is 5.16. The zero-order valence-electron chi connectivity index (χ0n) is 22.6. The Morgan fingerprint density at radius 3 is 2.22 bits per heavy atom. The molecule has 1 fully saturated rings. The molecule has 2 rings (SSSR count). The predicted molar refractivity (Wildman–Crippen MR) is 139 cm³/mol. The van der Waals surface area contributed by atoms with Gasteiger partial charge in [-0.25, -0.2) is 9.97 Å². The lowest BCUT2D eigenvalue weighted by atomic mass is 9.98. The minimum Gasteiger partial charge on any atom is -0.394 e. The number of allylic oxidation sites excluding steroid dienone is 6. The summed E-state index contributed by atoms with van der Waals surface area (Å²) in [6.07, 6.45) is 2.91. The van der Waals surface area contributed by atoms with Crippen LogP contribution in [0.2, 0.25) is 0 Å². The van der Waals surface area contributed by atoms with Crippen LogP contribution in [0.4, 0.5) is 19.1 Å². The molecule has 0 aliphatic carbocycles. The highest BCUT2D eigenvalue weighted by Crippen LogP contribution is 2.28. The fourth-order valence-electron chi connectivity index (χ4n) is 2.34. The maximum absolute atomic E-state index is 12.5. The fourth-order valence-corrected chi connectivity index (χ4v) is 2.34. The molecule has 0 spiro atoms. The van der Waals surface area contributed by atoms with E-state index in [1.165, 1.54) is 5.57 Å². The first-order valence-electron chi connectivity index (χ1n) is 12.0. The van der Waals surface area contributed by atoms with Crippen LogP contribution in [0.1, 0.15) is 61.1 Å². The molecule has 0 amide bonds. The first-order valence-corrected chi connectivity index (χ1v) is 12.0. The summed E-state index contributed by atoms with van der Waals surface area (Å²) in [6, 6.07) is -0.179. The Hall–Kier alpha value is -2.27. The normalized spacial score (nSPS) is 22.2. The van der Waals surface area contributed by atoms with Crippen molar-refractivity contribution in [2.45, 2.75) is 85.9 Å². The van der Waals surface area contributed by atoms with Crippen molar-refractivity contribution in [2.75, 3.05) is 18.5 Å². The molecule has 1 aliphatic rings. The van der Waals surface area contributed by atoms with Gasteiger partial charge in [-0.15, -0.1) is 0 Å². The number of hydrogen-bond donors (Lipinski definition) is 4. The Morgan fingerprint density at radius 1 is 1.17 bits per heavy atom. The maximum atomic E-state index is 12.5. The molecular weight excluding hydrogens is 475 g/mol. The smallest absolute Gasteiger partial charge is 0.394 e. The molecule has 4 unspecified atom stereocenters. The van der Waals surface area contributed by atoms with E-state index in [0.29, 0.717) is 0 Å². The molecule has 1 saturated heterocycles. The van der Waals surface area contributed by atoms with E-state index in [4.69, 9.17) is 9.84 Å². The number of anilines is 1. The lowest BCUT2D eigenvalue weighted by Crippen LogP contribution is -2.56. The van der Waals surface area contributed by atoms with Gasteiger partial charge in [-0.1, -0.05) is 70.6 Å². The highest BCUT2D eigenvalue weighted by atomic mass is 19.4. The summed E-state index contributed by atoms with van der Waals surface area (Å²) in [6.45, 7) is 16.0. The third-order valence-corrected chi connectivity index (χ3v) is 4.19. The summed E-state index contributed by atoms with van der Waals surface area (Å²) in [4.78, 5) is 6.92. The number of nitrogens with zero attached hydrogens (tertiary/aromatic N) is 2. The average Bonchev–Trinajstić information content (AvgIpc) is 2.83. The van der Waals surface area contributed by atoms with Gasteiger partial charge < -0.3 is 25.4 Å². The summed E-state index contributed by atoms with van der Waals surface area (Å²) in [5, 5.41) is 30.9.